The van der Waals surface area contributed by atoms with E-state index in [0.717, 1.165) is 10.5 Å². The van der Waals surface area contributed by atoms with Gasteiger partial charge in [0.2, 0.25) is 0 Å². The summed E-state index contributed by atoms with van der Waals surface area (Å²) in [5.41, 5.74) is 2.55. The van der Waals surface area contributed by atoms with Crippen molar-refractivity contribution < 1.29 is 23.5 Å². The molecule has 0 radical (unpaired) electrons. The van der Waals surface area contributed by atoms with Crippen molar-refractivity contribution in [2.75, 3.05) is 24.4 Å². The van der Waals surface area contributed by atoms with Crippen LogP contribution in [0.25, 0.3) is 5.57 Å². The summed E-state index contributed by atoms with van der Waals surface area (Å²) < 4.78 is 24.2. The van der Waals surface area contributed by atoms with Crippen LogP contribution in [0.1, 0.15) is 11.1 Å². The highest BCUT2D eigenvalue weighted by Gasteiger charge is 2.41. The van der Waals surface area contributed by atoms with Gasteiger partial charge < -0.3 is 14.8 Å². The number of benzene rings is 3. The van der Waals surface area contributed by atoms with Crippen LogP contribution in [-0.4, -0.2) is 26.0 Å². The van der Waals surface area contributed by atoms with E-state index in [2.05, 4.69) is 5.32 Å². The second-order valence-corrected chi connectivity index (χ2v) is 7.18. The number of carbonyl (C=O) groups excluding carboxylic acids is 2. The second kappa shape index (κ2) is 8.55. The molecule has 162 valence electrons. The van der Waals surface area contributed by atoms with Crippen molar-refractivity contribution in [1.82, 2.24) is 0 Å². The average Bonchev–Trinajstić information content (AvgIpc) is 3.04. The van der Waals surface area contributed by atoms with Crippen molar-refractivity contribution in [3.05, 3.63) is 89.4 Å². The standard InChI is InChI=1S/C25H21FN2O4/c1-15-6-4-5-7-19(15)27-23-22(16-8-10-17(26)11-9-16)24(29)28(25(23)30)20-13-12-18(31-2)14-21(20)32-3/h4-14,27H,1-3H3. The van der Waals surface area contributed by atoms with Crippen molar-refractivity contribution in [3.8, 4) is 11.5 Å². The van der Waals surface area contributed by atoms with E-state index in [0.29, 0.717) is 22.7 Å². The zero-order valence-corrected chi connectivity index (χ0v) is 17.8. The maximum atomic E-state index is 13.5. The van der Waals surface area contributed by atoms with E-state index in [9.17, 15) is 14.0 Å². The molecule has 7 heteroatoms. The Labute approximate surface area is 184 Å². The number of aryl methyl sites for hydroxylation is 1. The van der Waals surface area contributed by atoms with Crippen LogP contribution >= 0.6 is 0 Å². The first kappa shape index (κ1) is 21.1. The predicted molar refractivity (Wildman–Crippen MR) is 120 cm³/mol. The zero-order valence-electron chi connectivity index (χ0n) is 17.8. The van der Waals surface area contributed by atoms with Gasteiger partial charge in [0.25, 0.3) is 11.8 Å². The third-order valence-electron chi connectivity index (χ3n) is 5.25. The van der Waals surface area contributed by atoms with Crippen molar-refractivity contribution >= 4 is 28.8 Å². The fourth-order valence-electron chi connectivity index (χ4n) is 3.57. The first-order valence-corrected chi connectivity index (χ1v) is 9.88. The Morgan fingerprint density at radius 3 is 2.25 bits per heavy atom. The number of rotatable bonds is 6. The van der Waals surface area contributed by atoms with E-state index < -0.39 is 17.6 Å². The molecule has 4 rings (SSSR count). The highest BCUT2D eigenvalue weighted by molar-refractivity contribution is 6.46. The van der Waals surface area contributed by atoms with Crippen LogP contribution < -0.4 is 19.7 Å². The first-order chi connectivity index (χ1) is 15.4. The molecule has 1 heterocycles. The second-order valence-electron chi connectivity index (χ2n) is 7.18. The lowest BCUT2D eigenvalue weighted by atomic mass is 10.0. The molecular formula is C25H21FN2O4. The van der Waals surface area contributed by atoms with Crippen molar-refractivity contribution in [2.45, 2.75) is 6.92 Å². The topological polar surface area (TPSA) is 67.9 Å². The van der Waals surface area contributed by atoms with Crippen molar-refractivity contribution in [2.24, 2.45) is 0 Å². The van der Waals surface area contributed by atoms with Crippen LogP contribution in [0, 0.1) is 12.7 Å². The number of nitrogens with zero attached hydrogens (tertiary/aromatic N) is 1. The van der Waals surface area contributed by atoms with Gasteiger partial charge in [-0.1, -0.05) is 30.3 Å². The Morgan fingerprint density at radius 2 is 1.59 bits per heavy atom. The van der Waals surface area contributed by atoms with Crippen LogP contribution in [-0.2, 0) is 9.59 Å². The summed E-state index contributed by atoms with van der Waals surface area (Å²) in [6.07, 6.45) is 0. The molecule has 0 unspecified atom stereocenters. The van der Waals surface area contributed by atoms with Crippen LogP contribution in [0.3, 0.4) is 0 Å². The fourth-order valence-corrected chi connectivity index (χ4v) is 3.57. The van der Waals surface area contributed by atoms with Crippen molar-refractivity contribution in [1.29, 1.82) is 0 Å². The van der Waals surface area contributed by atoms with Gasteiger partial charge in [-0.3, -0.25) is 9.59 Å². The number of ether oxygens (including phenoxy) is 2. The molecule has 1 aliphatic rings. The van der Waals surface area contributed by atoms with Gasteiger partial charge >= 0.3 is 0 Å². The van der Waals surface area contributed by atoms with Gasteiger partial charge in [-0.25, -0.2) is 9.29 Å². The largest absolute Gasteiger partial charge is 0.497 e. The molecule has 0 spiro atoms. The Hall–Kier alpha value is -4.13. The minimum atomic E-state index is -0.541. The van der Waals surface area contributed by atoms with E-state index in [-0.39, 0.29) is 17.0 Å². The molecule has 0 saturated heterocycles. The monoisotopic (exact) mass is 432 g/mol. The summed E-state index contributed by atoms with van der Waals surface area (Å²) in [4.78, 5) is 28.1. The molecule has 6 nitrogen and oxygen atoms in total. The number of hydrogen-bond donors (Lipinski definition) is 1. The zero-order chi connectivity index (χ0) is 22.8. The van der Waals surface area contributed by atoms with Gasteiger partial charge in [0.1, 0.15) is 23.0 Å². The maximum absolute atomic E-state index is 13.5. The normalized spacial score (nSPS) is 13.6. The Balaban J connectivity index is 1.85. The lowest BCUT2D eigenvalue weighted by Gasteiger charge is -2.19. The summed E-state index contributed by atoms with van der Waals surface area (Å²) in [7, 11) is 2.96. The highest BCUT2D eigenvalue weighted by atomic mass is 19.1. The number of anilines is 2. The Kier molecular flexibility index (Phi) is 5.64. The van der Waals surface area contributed by atoms with Crippen LogP contribution in [0.5, 0.6) is 11.5 Å². The third kappa shape index (κ3) is 3.69. The minimum Gasteiger partial charge on any atom is -0.497 e. The lowest BCUT2D eigenvalue weighted by Crippen LogP contribution is -2.32. The maximum Gasteiger partial charge on any atom is 0.282 e. The van der Waals surface area contributed by atoms with E-state index >= 15 is 0 Å². The predicted octanol–water partition coefficient (Wildman–Crippen LogP) is 4.55. The molecule has 1 aliphatic heterocycles. The number of imide groups is 1. The summed E-state index contributed by atoms with van der Waals surface area (Å²) in [5, 5.41) is 3.12. The van der Waals surface area contributed by atoms with Gasteiger partial charge in [0, 0.05) is 11.8 Å². The van der Waals surface area contributed by atoms with E-state index in [1.807, 2.05) is 31.2 Å². The molecule has 3 aromatic rings. The van der Waals surface area contributed by atoms with Gasteiger partial charge in [0.15, 0.2) is 0 Å². The molecular weight excluding hydrogens is 411 g/mol. The summed E-state index contributed by atoms with van der Waals surface area (Å²) >= 11 is 0. The molecule has 0 saturated carbocycles. The number of halogens is 1. The molecule has 0 fully saturated rings. The Bertz CT molecular complexity index is 1230. The minimum absolute atomic E-state index is 0.105. The quantitative estimate of drug-likeness (QED) is 0.579. The smallest absolute Gasteiger partial charge is 0.282 e. The first-order valence-electron chi connectivity index (χ1n) is 9.88. The summed E-state index contributed by atoms with van der Waals surface area (Å²) in [5.74, 6) is -0.688. The van der Waals surface area contributed by atoms with Gasteiger partial charge in [-0.2, -0.15) is 0 Å². The molecule has 0 atom stereocenters. The van der Waals surface area contributed by atoms with Gasteiger partial charge in [-0.05, 0) is 48.4 Å². The van der Waals surface area contributed by atoms with Gasteiger partial charge in [0.05, 0.1) is 25.5 Å². The molecule has 1 N–H and O–H groups in total. The lowest BCUT2D eigenvalue weighted by molar-refractivity contribution is -0.120. The summed E-state index contributed by atoms with van der Waals surface area (Å²) in [6.45, 7) is 1.89. The van der Waals surface area contributed by atoms with E-state index in [1.54, 1.807) is 18.2 Å². The summed E-state index contributed by atoms with van der Waals surface area (Å²) in [6, 6.07) is 17.7. The molecule has 3 aromatic carbocycles. The van der Waals surface area contributed by atoms with Crippen molar-refractivity contribution in [3.63, 3.8) is 0 Å². The highest BCUT2D eigenvalue weighted by Crippen LogP contribution is 2.39. The molecule has 0 aliphatic carbocycles. The molecule has 2 amide bonds. The van der Waals surface area contributed by atoms with Crippen LogP contribution in [0.2, 0.25) is 0 Å². The number of hydrogen-bond acceptors (Lipinski definition) is 5. The number of methoxy groups -OCH3 is 2. The molecule has 0 aromatic heterocycles. The van der Waals surface area contributed by atoms with E-state index in [1.165, 1.54) is 38.5 Å². The number of amides is 2. The molecule has 32 heavy (non-hydrogen) atoms. The number of para-hydroxylation sites is 1. The van der Waals surface area contributed by atoms with Gasteiger partial charge in [-0.15, -0.1) is 0 Å². The SMILES string of the molecule is COc1ccc(N2C(=O)C(Nc3ccccc3C)=C(c3ccc(F)cc3)C2=O)c(OC)c1. The Morgan fingerprint density at radius 1 is 0.875 bits per heavy atom. The van der Waals surface area contributed by atoms with E-state index in [4.69, 9.17) is 9.47 Å². The number of nitrogens with one attached hydrogen (secondary N) is 1. The third-order valence-corrected chi connectivity index (χ3v) is 5.25. The molecule has 0 bridgehead atoms. The van der Waals surface area contributed by atoms with Crippen LogP contribution in [0.4, 0.5) is 15.8 Å². The van der Waals surface area contributed by atoms with Crippen LogP contribution in [0.15, 0.2) is 72.4 Å². The average molecular weight is 432 g/mol. The number of carbonyl (C=O) groups is 2. The fraction of sp³-hybridized carbons (Fsp3) is 0.120.